The van der Waals surface area contributed by atoms with E-state index in [1.807, 2.05) is 32.2 Å². The van der Waals surface area contributed by atoms with E-state index < -0.39 is 0 Å². The summed E-state index contributed by atoms with van der Waals surface area (Å²) >= 11 is 0. The van der Waals surface area contributed by atoms with Gasteiger partial charge in [0.15, 0.2) is 0 Å². The number of rotatable bonds is 6. The molecule has 0 aromatic heterocycles. The molecule has 126 valence electrons. The maximum atomic E-state index is 12.5. The van der Waals surface area contributed by atoms with Crippen LogP contribution in [-0.4, -0.2) is 57.6 Å². The van der Waals surface area contributed by atoms with E-state index in [1.165, 1.54) is 0 Å². The van der Waals surface area contributed by atoms with Crippen molar-refractivity contribution >= 4 is 17.5 Å². The Hall–Kier alpha value is -2.08. The van der Waals surface area contributed by atoms with E-state index in [9.17, 15) is 9.59 Å². The highest BCUT2D eigenvalue weighted by Crippen LogP contribution is 2.34. The lowest BCUT2D eigenvalue weighted by molar-refractivity contribution is -0.134. The van der Waals surface area contributed by atoms with Gasteiger partial charge in [0, 0.05) is 33.1 Å². The molecule has 1 heterocycles. The molecule has 2 rings (SSSR count). The monoisotopic (exact) mass is 319 g/mol. The number of likely N-dealkylation sites (N-methyl/N-ethyl adjacent to an activating group) is 2. The smallest absolute Gasteiger partial charge is 0.227 e. The molecule has 0 aliphatic carbocycles. The van der Waals surface area contributed by atoms with Gasteiger partial charge in [-0.15, -0.1) is 0 Å². The van der Waals surface area contributed by atoms with Gasteiger partial charge in [-0.05, 0) is 31.7 Å². The minimum atomic E-state index is -0.297. The molecule has 1 aromatic carbocycles. The van der Waals surface area contributed by atoms with Crippen molar-refractivity contribution in [2.24, 2.45) is 5.92 Å². The molecule has 1 saturated heterocycles. The van der Waals surface area contributed by atoms with Crippen molar-refractivity contribution in [1.29, 1.82) is 0 Å². The zero-order valence-electron chi connectivity index (χ0n) is 14.3. The lowest BCUT2D eigenvalue weighted by Gasteiger charge is -2.22. The number of hydrogen-bond acceptors (Lipinski definition) is 4. The van der Waals surface area contributed by atoms with Crippen molar-refractivity contribution in [2.75, 3.05) is 45.7 Å². The van der Waals surface area contributed by atoms with Crippen molar-refractivity contribution in [1.82, 2.24) is 10.2 Å². The Morgan fingerprint density at radius 1 is 1.48 bits per heavy atom. The molecule has 1 aliphatic rings. The largest absolute Gasteiger partial charge is 0.495 e. The van der Waals surface area contributed by atoms with Gasteiger partial charge < -0.3 is 19.9 Å². The van der Waals surface area contributed by atoms with E-state index in [2.05, 4.69) is 5.32 Å². The number of aryl methyl sites for hydroxylation is 1. The molecule has 6 heteroatoms. The average molecular weight is 319 g/mol. The van der Waals surface area contributed by atoms with Crippen LogP contribution in [-0.2, 0) is 9.59 Å². The second kappa shape index (κ2) is 7.46. The summed E-state index contributed by atoms with van der Waals surface area (Å²) in [4.78, 5) is 28.2. The first-order valence-corrected chi connectivity index (χ1v) is 7.82. The molecule has 1 N–H and O–H groups in total. The maximum Gasteiger partial charge on any atom is 0.227 e. The van der Waals surface area contributed by atoms with Crippen molar-refractivity contribution < 1.29 is 14.3 Å². The van der Waals surface area contributed by atoms with E-state index in [4.69, 9.17) is 4.74 Å². The summed E-state index contributed by atoms with van der Waals surface area (Å²) in [6.45, 7) is 3.74. The van der Waals surface area contributed by atoms with E-state index in [1.54, 1.807) is 24.0 Å². The molecule has 0 saturated carbocycles. The van der Waals surface area contributed by atoms with E-state index in [0.717, 1.165) is 17.8 Å². The first-order chi connectivity index (χ1) is 11.0. The molecule has 1 aliphatic heterocycles. The zero-order chi connectivity index (χ0) is 17.0. The minimum absolute atomic E-state index is 0.0164. The quantitative estimate of drug-likeness (QED) is 0.851. The maximum absolute atomic E-state index is 12.5. The Labute approximate surface area is 137 Å². The molecule has 0 spiro atoms. The molecular formula is C17H25N3O3. The van der Waals surface area contributed by atoms with Gasteiger partial charge in [0.25, 0.3) is 0 Å². The van der Waals surface area contributed by atoms with Crippen LogP contribution < -0.4 is 15.0 Å². The molecule has 1 atom stereocenters. The van der Waals surface area contributed by atoms with Crippen LogP contribution in [0, 0.1) is 12.8 Å². The molecule has 0 radical (unpaired) electrons. The van der Waals surface area contributed by atoms with Crippen LogP contribution in [0.15, 0.2) is 18.2 Å². The normalized spacial score (nSPS) is 17.5. The van der Waals surface area contributed by atoms with Crippen LogP contribution in [0.3, 0.4) is 0 Å². The number of carbonyl (C=O) groups is 2. The Morgan fingerprint density at radius 3 is 2.87 bits per heavy atom. The Bertz CT molecular complexity index is 588. The summed E-state index contributed by atoms with van der Waals surface area (Å²) < 4.78 is 5.36. The lowest BCUT2D eigenvalue weighted by atomic mass is 10.1. The zero-order valence-corrected chi connectivity index (χ0v) is 14.3. The van der Waals surface area contributed by atoms with E-state index >= 15 is 0 Å². The highest BCUT2D eigenvalue weighted by atomic mass is 16.5. The predicted molar refractivity (Wildman–Crippen MR) is 89.8 cm³/mol. The molecule has 1 unspecified atom stereocenters. The molecular weight excluding hydrogens is 294 g/mol. The van der Waals surface area contributed by atoms with Gasteiger partial charge in [-0.25, -0.2) is 0 Å². The molecule has 2 amide bonds. The van der Waals surface area contributed by atoms with E-state index in [0.29, 0.717) is 18.8 Å². The second-order valence-electron chi connectivity index (χ2n) is 5.94. The fourth-order valence-corrected chi connectivity index (χ4v) is 2.82. The fraction of sp³-hybridized carbons (Fsp3) is 0.529. The number of hydrogen-bond donors (Lipinski definition) is 1. The molecule has 1 aromatic rings. The summed E-state index contributed by atoms with van der Waals surface area (Å²) in [6.07, 6.45) is 0.250. The molecule has 0 bridgehead atoms. The third kappa shape index (κ3) is 3.82. The Balaban J connectivity index is 2.14. The van der Waals surface area contributed by atoms with E-state index in [-0.39, 0.29) is 24.2 Å². The van der Waals surface area contributed by atoms with Crippen molar-refractivity contribution in [3.63, 3.8) is 0 Å². The Kier molecular flexibility index (Phi) is 5.60. The Morgan fingerprint density at radius 2 is 2.22 bits per heavy atom. The standard InChI is InChI=1S/C17H25N3O3/c1-12-5-6-15(23-4)14(9-12)20-11-13(10-16(20)21)17(22)19(3)8-7-18-2/h5-6,9,13,18H,7-8,10-11H2,1-4H3. The minimum Gasteiger partial charge on any atom is -0.495 e. The third-order valence-electron chi connectivity index (χ3n) is 4.17. The molecule has 23 heavy (non-hydrogen) atoms. The summed E-state index contributed by atoms with van der Waals surface area (Å²) in [5.74, 6) is 0.340. The van der Waals surface area contributed by atoms with Crippen LogP contribution in [0.1, 0.15) is 12.0 Å². The van der Waals surface area contributed by atoms with Gasteiger partial charge in [-0.1, -0.05) is 6.07 Å². The van der Waals surface area contributed by atoms with Crippen LogP contribution >= 0.6 is 0 Å². The summed E-state index contributed by atoms with van der Waals surface area (Å²) in [7, 11) is 5.21. The first-order valence-electron chi connectivity index (χ1n) is 7.82. The second-order valence-corrected chi connectivity index (χ2v) is 5.94. The third-order valence-corrected chi connectivity index (χ3v) is 4.17. The lowest BCUT2D eigenvalue weighted by Crippen LogP contribution is -2.38. The SMILES string of the molecule is CNCCN(C)C(=O)C1CC(=O)N(c2cc(C)ccc2OC)C1. The summed E-state index contributed by atoms with van der Waals surface area (Å²) in [6, 6.07) is 5.72. The van der Waals surface area contributed by atoms with Gasteiger partial charge in [0.2, 0.25) is 11.8 Å². The van der Waals surface area contributed by atoms with Gasteiger partial charge in [0.1, 0.15) is 5.75 Å². The number of nitrogens with zero attached hydrogens (tertiary/aromatic N) is 2. The van der Waals surface area contributed by atoms with Gasteiger partial charge in [-0.2, -0.15) is 0 Å². The molecule has 1 fully saturated rings. The van der Waals surface area contributed by atoms with Gasteiger partial charge >= 0.3 is 0 Å². The van der Waals surface area contributed by atoms with Crippen molar-refractivity contribution in [3.05, 3.63) is 23.8 Å². The van der Waals surface area contributed by atoms with Crippen molar-refractivity contribution in [2.45, 2.75) is 13.3 Å². The number of ether oxygens (including phenoxy) is 1. The highest BCUT2D eigenvalue weighted by Gasteiger charge is 2.37. The number of amides is 2. The highest BCUT2D eigenvalue weighted by molar-refractivity contribution is 6.01. The number of methoxy groups -OCH3 is 1. The number of carbonyl (C=O) groups excluding carboxylic acids is 2. The first kappa shape index (κ1) is 17.3. The number of nitrogens with one attached hydrogen (secondary N) is 1. The molecule has 6 nitrogen and oxygen atoms in total. The number of benzene rings is 1. The van der Waals surface area contributed by atoms with Gasteiger partial charge in [-0.3, -0.25) is 9.59 Å². The average Bonchev–Trinajstić information content (AvgIpc) is 2.93. The van der Waals surface area contributed by atoms with Gasteiger partial charge in [0.05, 0.1) is 18.7 Å². The predicted octanol–water partition coefficient (Wildman–Crippen LogP) is 1.03. The fourth-order valence-electron chi connectivity index (χ4n) is 2.82. The van der Waals surface area contributed by atoms with Crippen LogP contribution in [0.4, 0.5) is 5.69 Å². The van der Waals surface area contributed by atoms with Crippen LogP contribution in [0.2, 0.25) is 0 Å². The topological polar surface area (TPSA) is 61.9 Å². The summed E-state index contributed by atoms with van der Waals surface area (Å²) in [5.41, 5.74) is 1.79. The van der Waals surface area contributed by atoms with Crippen LogP contribution in [0.5, 0.6) is 5.75 Å². The van der Waals surface area contributed by atoms with Crippen molar-refractivity contribution in [3.8, 4) is 5.75 Å². The summed E-state index contributed by atoms with van der Waals surface area (Å²) in [5, 5.41) is 3.02. The number of anilines is 1. The van der Waals surface area contributed by atoms with Crippen LogP contribution in [0.25, 0.3) is 0 Å².